The van der Waals surface area contributed by atoms with Crippen LogP contribution in [0.2, 0.25) is 0 Å². The summed E-state index contributed by atoms with van der Waals surface area (Å²) in [5.74, 6) is 6.88. The van der Waals surface area contributed by atoms with E-state index in [1.165, 1.54) is 19.4 Å². The maximum Gasteiger partial charge on any atom is 0.208 e. The van der Waals surface area contributed by atoms with Crippen LogP contribution < -0.4 is 11.3 Å². The molecule has 0 bridgehead atoms. The van der Waals surface area contributed by atoms with Gasteiger partial charge in [-0.3, -0.25) is 10.4 Å². The summed E-state index contributed by atoms with van der Waals surface area (Å²) < 4.78 is 0. The van der Waals surface area contributed by atoms with Crippen molar-refractivity contribution in [2.45, 2.75) is 32.7 Å². The first-order chi connectivity index (χ1) is 8.04. The third-order valence-corrected chi connectivity index (χ3v) is 3.25. The van der Waals surface area contributed by atoms with E-state index in [0.717, 1.165) is 19.0 Å². The minimum Gasteiger partial charge on any atom is -0.343 e. The highest BCUT2D eigenvalue weighted by atomic mass is 15.4. The highest BCUT2D eigenvalue weighted by Crippen LogP contribution is 2.15. The number of likely N-dealkylation sites (tertiary alicyclic amines) is 1. The molecule has 17 heavy (non-hydrogen) atoms. The van der Waals surface area contributed by atoms with Crippen LogP contribution in [0.15, 0.2) is 4.99 Å². The Morgan fingerprint density at radius 3 is 2.76 bits per heavy atom. The van der Waals surface area contributed by atoms with Crippen LogP contribution in [0.5, 0.6) is 0 Å². The van der Waals surface area contributed by atoms with Crippen molar-refractivity contribution in [2.24, 2.45) is 16.8 Å². The number of nitrogens with zero attached hydrogens (tertiary/aromatic N) is 3. The summed E-state index contributed by atoms with van der Waals surface area (Å²) in [7, 11) is 4.23. The molecule has 1 atom stereocenters. The summed E-state index contributed by atoms with van der Waals surface area (Å²) in [5, 5.41) is 0. The Morgan fingerprint density at radius 1 is 1.59 bits per heavy atom. The molecule has 1 saturated heterocycles. The van der Waals surface area contributed by atoms with Crippen molar-refractivity contribution < 1.29 is 0 Å². The molecule has 1 aliphatic rings. The van der Waals surface area contributed by atoms with Gasteiger partial charge < -0.3 is 9.80 Å². The zero-order valence-electron chi connectivity index (χ0n) is 11.6. The van der Waals surface area contributed by atoms with Crippen molar-refractivity contribution in [3.63, 3.8) is 0 Å². The van der Waals surface area contributed by atoms with Gasteiger partial charge in [-0.1, -0.05) is 13.8 Å². The molecule has 1 unspecified atom stereocenters. The van der Waals surface area contributed by atoms with Crippen LogP contribution in [0.25, 0.3) is 0 Å². The van der Waals surface area contributed by atoms with E-state index < -0.39 is 0 Å². The predicted octanol–water partition coefficient (Wildman–Crippen LogP) is 0.488. The number of nitrogens with one attached hydrogen (secondary N) is 1. The number of hydrogen-bond acceptors (Lipinski definition) is 3. The molecular formula is C12H27N5. The van der Waals surface area contributed by atoms with Gasteiger partial charge in [-0.25, -0.2) is 5.84 Å². The second kappa shape index (κ2) is 6.81. The van der Waals surface area contributed by atoms with Crippen molar-refractivity contribution in [2.75, 3.05) is 33.7 Å². The number of nitrogens with two attached hydrogens (primary N) is 1. The third-order valence-electron chi connectivity index (χ3n) is 3.25. The van der Waals surface area contributed by atoms with Crippen LogP contribution in [0, 0.1) is 5.92 Å². The van der Waals surface area contributed by atoms with Gasteiger partial charge in [0.05, 0.1) is 0 Å². The summed E-state index contributed by atoms with van der Waals surface area (Å²) in [5.41, 5.74) is 2.70. The monoisotopic (exact) mass is 241 g/mol. The molecule has 0 saturated carbocycles. The van der Waals surface area contributed by atoms with E-state index >= 15 is 0 Å². The van der Waals surface area contributed by atoms with Gasteiger partial charge in [0.2, 0.25) is 5.96 Å². The number of guanidine groups is 1. The molecule has 5 nitrogen and oxygen atoms in total. The second-order valence-corrected chi connectivity index (χ2v) is 5.36. The zero-order valence-corrected chi connectivity index (χ0v) is 11.6. The largest absolute Gasteiger partial charge is 0.343 e. The molecule has 0 aromatic carbocycles. The first-order valence-corrected chi connectivity index (χ1v) is 6.47. The molecule has 1 fully saturated rings. The van der Waals surface area contributed by atoms with E-state index in [1.807, 2.05) is 7.05 Å². The second-order valence-electron chi connectivity index (χ2n) is 5.36. The molecule has 0 aromatic rings. The van der Waals surface area contributed by atoms with Crippen LogP contribution in [0.1, 0.15) is 26.7 Å². The molecule has 1 heterocycles. The van der Waals surface area contributed by atoms with Crippen molar-refractivity contribution in [3.8, 4) is 0 Å². The fourth-order valence-corrected chi connectivity index (χ4v) is 2.16. The Hall–Kier alpha value is -0.810. The SMILES string of the molecule is CC(C)CN=C(NN)N(C)CC1CCCN1C. The summed E-state index contributed by atoms with van der Waals surface area (Å²) in [6.45, 7) is 7.31. The van der Waals surface area contributed by atoms with Crippen molar-refractivity contribution in [3.05, 3.63) is 0 Å². The molecule has 0 radical (unpaired) electrons. The highest BCUT2D eigenvalue weighted by molar-refractivity contribution is 5.79. The van der Waals surface area contributed by atoms with E-state index in [9.17, 15) is 0 Å². The van der Waals surface area contributed by atoms with Gasteiger partial charge in [0.25, 0.3) is 0 Å². The van der Waals surface area contributed by atoms with Crippen LogP contribution >= 0.6 is 0 Å². The lowest BCUT2D eigenvalue weighted by Gasteiger charge is -2.27. The van der Waals surface area contributed by atoms with Crippen LogP contribution in [0.4, 0.5) is 0 Å². The normalized spacial score (nSPS) is 22.2. The van der Waals surface area contributed by atoms with E-state index in [4.69, 9.17) is 5.84 Å². The van der Waals surface area contributed by atoms with Gasteiger partial charge in [-0.2, -0.15) is 0 Å². The lowest BCUT2D eigenvalue weighted by molar-refractivity contribution is 0.264. The molecule has 1 rings (SSSR count). The van der Waals surface area contributed by atoms with Crippen molar-refractivity contribution in [1.82, 2.24) is 15.2 Å². The first-order valence-electron chi connectivity index (χ1n) is 6.47. The average molecular weight is 241 g/mol. The number of likely N-dealkylation sites (N-methyl/N-ethyl adjacent to an activating group) is 2. The zero-order chi connectivity index (χ0) is 12.8. The van der Waals surface area contributed by atoms with Crippen LogP contribution in [0.3, 0.4) is 0 Å². The molecule has 0 aromatic heterocycles. The predicted molar refractivity (Wildman–Crippen MR) is 72.7 cm³/mol. The molecule has 100 valence electrons. The maximum absolute atomic E-state index is 5.53. The van der Waals surface area contributed by atoms with E-state index in [-0.39, 0.29) is 0 Å². The van der Waals surface area contributed by atoms with Gasteiger partial charge in [0.1, 0.15) is 0 Å². The van der Waals surface area contributed by atoms with E-state index in [0.29, 0.717) is 12.0 Å². The smallest absolute Gasteiger partial charge is 0.208 e. The summed E-state index contributed by atoms with van der Waals surface area (Å²) in [6, 6.07) is 0.623. The molecule has 0 amide bonds. The van der Waals surface area contributed by atoms with Gasteiger partial charge in [0, 0.05) is 26.2 Å². The quantitative estimate of drug-likeness (QED) is 0.325. The summed E-state index contributed by atoms with van der Waals surface area (Å²) in [4.78, 5) is 9.03. The highest BCUT2D eigenvalue weighted by Gasteiger charge is 2.22. The molecular weight excluding hydrogens is 214 g/mol. The molecule has 1 aliphatic heterocycles. The standard InChI is InChI=1S/C12H27N5/c1-10(2)8-14-12(15-13)17(4)9-11-6-5-7-16(11)3/h10-11H,5-9,13H2,1-4H3,(H,14,15). The molecule has 0 aliphatic carbocycles. The van der Waals surface area contributed by atoms with E-state index in [1.54, 1.807) is 0 Å². The maximum atomic E-state index is 5.53. The fourth-order valence-electron chi connectivity index (χ4n) is 2.16. The van der Waals surface area contributed by atoms with Crippen molar-refractivity contribution >= 4 is 5.96 Å². The Labute approximate surface area is 105 Å². The topological polar surface area (TPSA) is 56.9 Å². The van der Waals surface area contributed by atoms with Crippen LogP contribution in [-0.2, 0) is 0 Å². The fraction of sp³-hybridized carbons (Fsp3) is 0.917. The number of rotatable bonds is 4. The minimum atomic E-state index is 0.556. The Bertz CT molecular complexity index is 251. The summed E-state index contributed by atoms with van der Waals surface area (Å²) >= 11 is 0. The number of aliphatic imine (C=N–C) groups is 1. The lowest BCUT2D eigenvalue weighted by atomic mass is 10.2. The minimum absolute atomic E-state index is 0.556. The Morgan fingerprint density at radius 2 is 2.29 bits per heavy atom. The summed E-state index contributed by atoms with van der Waals surface area (Å²) in [6.07, 6.45) is 2.56. The van der Waals surface area contributed by atoms with Crippen molar-refractivity contribution in [1.29, 1.82) is 0 Å². The number of hydrazine groups is 1. The van der Waals surface area contributed by atoms with Crippen LogP contribution in [-0.4, -0.2) is 55.5 Å². The first kappa shape index (κ1) is 14.3. The average Bonchev–Trinajstić information content (AvgIpc) is 2.65. The number of hydrogen-bond donors (Lipinski definition) is 2. The van der Waals surface area contributed by atoms with Gasteiger partial charge in [-0.05, 0) is 32.4 Å². The molecule has 0 spiro atoms. The third kappa shape index (κ3) is 4.52. The molecule has 3 N–H and O–H groups in total. The Kier molecular flexibility index (Phi) is 5.71. The van der Waals surface area contributed by atoms with E-state index in [2.05, 4.69) is 41.1 Å². The van der Waals surface area contributed by atoms with Gasteiger partial charge in [-0.15, -0.1) is 0 Å². The molecule has 5 heteroatoms. The van der Waals surface area contributed by atoms with Gasteiger partial charge in [0.15, 0.2) is 0 Å². The Balaban J connectivity index is 2.48. The van der Waals surface area contributed by atoms with Gasteiger partial charge >= 0.3 is 0 Å². The lowest BCUT2D eigenvalue weighted by Crippen LogP contribution is -2.47.